The molecule has 0 saturated carbocycles. The van der Waals surface area contributed by atoms with Crippen LogP contribution in [-0.4, -0.2) is 10.3 Å². The van der Waals surface area contributed by atoms with E-state index >= 15 is 0 Å². The number of halogens is 1. The number of aromatic nitrogens is 2. The minimum Gasteiger partial charge on any atom is -0.395 e. The summed E-state index contributed by atoms with van der Waals surface area (Å²) >= 11 is 5.83. The van der Waals surface area contributed by atoms with Crippen molar-refractivity contribution in [2.45, 2.75) is 0 Å². The molecule has 1 aromatic heterocycles. The van der Waals surface area contributed by atoms with E-state index in [0.29, 0.717) is 21.7 Å². The van der Waals surface area contributed by atoms with Crippen molar-refractivity contribution in [3.63, 3.8) is 0 Å². The summed E-state index contributed by atoms with van der Waals surface area (Å²) in [5.41, 5.74) is 9.32. The topological polar surface area (TPSA) is 77.0 Å². The van der Waals surface area contributed by atoms with Crippen molar-refractivity contribution in [2.24, 2.45) is 0 Å². The summed E-state index contributed by atoms with van der Waals surface area (Å²) in [5.74, 6) is 0. The molecule has 3 N–H and O–H groups in total. The fraction of sp³-hybridized carbons (Fsp3) is 0. The van der Waals surface area contributed by atoms with Gasteiger partial charge < -0.3 is 11.1 Å². The molecule has 0 radical (unpaired) electrons. The van der Waals surface area contributed by atoms with Crippen LogP contribution in [0.3, 0.4) is 0 Å². The van der Waals surface area contributed by atoms with Crippen LogP contribution in [0.25, 0.3) is 11.0 Å². The van der Waals surface area contributed by atoms with Crippen LogP contribution >= 0.6 is 11.6 Å². The largest absolute Gasteiger partial charge is 0.395 e. The molecule has 0 bridgehead atoms. The van der Waals surface area contributed by atoms with Gasteiger partial charge in [-0.1, -0.05) is 11.6 Å². The zero-order valence-electron chi connectivity index (χ0n) is 9.22. The second-order valence-electron chi connectivity index (χ2n) is 3.79. The predicted molar refractivity (Wildman–Crippen MR) is 71.0 cm³/mol. The van der Waals surface area contributed by atoms with E-state index in [9.17, 15) is 0 Å². The Morgan fingerprint density at radius 2 is 1.83 bits per heavy atom. The normalized spacial score (nSPS) is 10.7. The van der Waals surface area contributed by atoms with Crippen molar-refractivity contribution in [1.29, 1.82) is 0 Å². The molecule has 2 aromatic carbocycles. The van der Waals surface area contributed by atoms with Gasteiger partial charge in [0.15, 0.2) is 5.52 Å². The lowest BCUT2D eigenvalue weighted by molar-refractivity contribution is 0.315. The second kappa shape index (κ2) is 4.19. The lowest BCUT2D eigenvalue weighted by Crippen LogP contribution is -1.97. The number of hydrogen-bond donors (Lipinski definition) is 2. The minimum atomic E-state index is 0.503. The van der Waals surface area contributed by atoms with Gasteiger partial charge >= 0.3 is 0 Å². The summed E-state index contributed by atoms with van der Waals surface area (Å²) in [6.45, 7) is 0. The molecule has 0 fully saturated rings. The zero-order chi connectivity index (χ0) is 12.5. The van der Waals surface area contributed by atoms with Gasteiger partial charge in [-0.15, -0.1) is 0 Å². The second-order valence-corrected chi connectivity index (χ2v) is 4.23. The van der Waals surface area contributed by atoms with Crippen LogP contribution in [0.15, 0.2) is 41.0 Å². The van der Waals surface area contributed by atoms with E-state index in [4.69, 9.17) is 17.3 Å². The molecule has 6 heteroatoms. The summed E-state index contributed by atoms with van der Waals surface area (Å²) in [6, 6.07) is 11.0. The van der Waals surface area contributed by atoms with Gasteiger partial charge in [-0.3, -0.25) is 0 Å². The quantitative estimate of drug-likeness (QED) is 0.692. The number of nitrogens with two attached hydrogens (primary N) is 1. The lowest BCUT2D eigenvalue weighted by atomic mass is 10.2. The van der Waals surface area contributed by atoms with E-state index in [2.05, 4.69) is 20.3 Å². The van der Waals surface area contributed by atoms with E-state index in [1.54, 1.807) is 18.2 Å². The zero-order valence-corrected chi connectivity index (χ0v) is 9.98. The van der Waals surface area contributed by atoms with Crippen molar-refractivity contribution in [3.8, 4) is 0 Å². The number of hydrogen-bond acceptors (Lipinski definition) is 5. The monoisotopic (exact) mass is 260 g/mol. The third-order valence-electron chi connectivity index (χ3n) is 2.59. The van der Waals surface area contributed by atoms with Gasteiger partial charge in [-0.25, -0.2) is 4.63 Å². The van der Waals surface area contributed by atoms with Crippen LogP contribution in [0.5, 0.6) is 0 Å². The number of nitrogens with zero attached hydrogens (tertiary/aromatic N) is 2. The average Bonchev–Trinajstić information content (AvgIpc) is 2.84. The van der Waals surface area contributed by atoms with E-state index < -0.39 is 0 Å². The molecular weight excluding hydrogens is 252 g/mol. The molecule has 0 aliphatic carbocycles. The molecule has 1 heterocycles. The first-order valence-corrected chi connectivity index (χ1v) is 5.65. The highest BCUT2D eigenvalue weighted by Crippen LogP contribution is 2.29. The third kappa shape index (κ3) is 1.84. The van der Waals surface area contributed by atoms with Gasteiger partial charge in [-0.05, 0) is 46.7 Å². The Hall–Kier alpha value is -2.27. The van der Waals surface area contributed by atoms with Gasteiger partial charge in [0.1, 0.15) is 5.52 Å². The number of rotatable bonds is 2. The van der Waals surface area contributed by atoms with Crippen LogP contribution in [0.4, 0.5) is 17.1 Å². The van der Waals surface area contributed by atoms with E-state index in [0.717, 1.165) is 11.4 Å². The Kier molecular flexibility index (Phi) is 2.53. The standard InChI is InChI=1S/C12H9ClN4O/c13-7-1-3-8(4-2-7)15-9-5-6-10-12(11(9)14)17-18-16-10/h1-6,15H,14H2. The van der Waals surface area contributed by atoms with E-state index in [1.807, 2.05) is 18.2 Å². The van der Waals surface area contributed by atoms with Crippen LogP contribution < -0.4 is 11.1 Å². The highest BCUT2D eigenvalue weighted by Gasteiger charge is 2.09. The summed E-state index contributed by atoms with van der Waals surface area (Å²) in [7, 11) is 0. The van der Waals surface area contributed by atoms with Crippen LogP contribution in [0.2, 0.25) is 5.02 Å². The van der Waals surface area contributed by atoms with Gasteiger partial charge in [-0.2, -0.15) is 0 Å². The molecule has 0 amide bonds. The Bertz CT molecular complexity index is 693. The van der Waals surface area contributed by atoms with Gasteiger partial charge in [0.2, 0.25) is 0 Å². The molecule has 0 unspecified atom stereocenters. The maximum atomic E-state index is 5.99. The minimum absolute atomic E-state index is 0.503. The number of fused-ring (bicyclic) bond motifs is 1. The summed E-state index contributed by atoms with van der Waals surface area (Å²) in [5, 5.41) is 11.4. The van der Waals surface area contributed by atoms with Crippen LogP contribution in [0, 0.1) is 0 Å². The molecule has 90 valence electrons. The first-order chi connectivity index (χ1) is 8.74. The van der Waals surface area contributed by atoms with Crippen LogP contribution in [-0.2, 0) is 0 Å². The predicted octanol–water partition coefficient (Wildman–Crippen LogP) is 3.20. The van der Waals surface area contributed by atoms with Crippen molar-refractivity contribution >= 4 is 39.7 Å². The molecule has 0 saturated heterocycles. The van der Waals surface area contributed by atoms with Gasteiger partial charge in [0.25, 0.3) is 0 Å². The molecule has 0 aliphatic rings. The van der Waals surface area contributed by atoms with E-state index in [-0.39, 0.29) is 0 Å². The SMILES string of the molecule is Nc1c(Nc2ccc(Cl)cc2)ccc2nonc12. The molecule has 18 heavy (non-hydrogen) atoms. The molecule has 3 aromatic rings. The van der Waals surface area contributed by atoms with Crippen LogP contribution in [0.1, 0.15) is 0 Å². The smallest absolute Gasteiger partial charge is 0.160 e. The first-order valence-electron chi connectivity index (χ1n) is 5.27. The van der Waals surface area contributed by atoms with Crippen molar-refractivity contribution < 1.29 is 4.63 Å². The maximum absolute atomic E-state index is 5.99. The molecular formula is C12H9ClN4O. The highest BCUT2D eigenvalue weighted by molar-refractivity contribution is 6.30. The summed E-state index contributed by atoms with van der Waals surface area (Å²) < 4.78 is 4.64. The van der Waals surface area contributed by atoms with Crippen molar-refractivity contribution in [3.05, 3.63) is 41.4 Å². The average molecular weight is 261 g/mol. The highest BCUT2D eigenvalue weighted by atomic mass is 35.5. The third-order valence-corrected chi connectivity index (χ3v) is 2.84. The van der Waals surface area contributed by atoms with Crippen molar-refractivity contribution in [1.82, 2.24) is 10.3 Å². The Morgan fingerprint density at radius 3 is 2.61 bits per heavy atom. The Labute approximate surface area is 107 Å². The molecule has 0 spiro atoms. The fourth-order valence-electron chi connectivity index (χ4n) is 1.67. The fourth-order valence-corrected chi connectivity index (χ4v) is 1.80. The summed E-state index contributed by atoms with van der Waals surface area (Å²) in [6.07, 6.45) is 0. The molecule has 0 atom stereocenters. The van der Waals surface area contributed by atoms with Crippen molar-refractivity contribution in [2.75, 3.05) is 11.1 Å². The number of anilines is 3. The van der Waals surface area contributed by atoms with Gasteiger partial charge in [0.05, 0.1) is 11.4 Å². The molecule has 0 aliphatic heterocycles. The number of nitrogens with one attached hydrogen (secondary N) is 1. The molecule has 3 rings (SSSR count). The lowest BCUT2D eigenvalue weighted by Gasteiger charge is -2.08. The Balaban J connectivity index is 1.99. The first kappa shape index (κ1) is 10.9. The van der Waals surface area contributed by atoms with Gasteiger partial charge in [0, 0.05) is 10.7 Å². The maximum Gasteiger partial charge on any atom is 0.160 e. The van der Waals surface area contributed by atoms with E-state index in [1.165, 1.54) is 0 Å². The Morgan fingerprint density at radius 1 is 1.06 bits per heavy atom. The number of benzene rings is 2. The summed E-state index contributed by atoms with van der Waals surface area (Å²) in [4.78, 5) is 0. The molecule has 5 nitrogen and oxygen atoms in total. The number of nitrogen functional groups attached to an aromatic ring is 1.